The van der Waals surface area contributed by atoms with Crippen LogP contribution in [0.15, 0.2) is 12.4 Å². The number of ether oxygens (including phenoxy) is 1. The van der Waals surface area contributed by atoms with E-state index < -0.39 is 0 Å². The molecule has 1 heterocycles. The fraction of sp³-hybridized carbons (Fsp3) is 0.636. The lowest BCUT2D eigenvalue weighted by Gasteiger charge is -2.26. The zero-order valence-electron chi connectivity index (χ0n) is 9.02. The molecule has 2 rings (SSSR count). The third-order valence-corrected chi connectivity index (χ3v) is 2.70. The molecule has 2 N–H and O–H groups in total. The highest BCUT2D eigenvalue weighted by atomic mass is 16.5. The molecule has 4 nitrogen and oxygen atoms in total. The highest BCUT2D eigenvalue weighted by Crippen LogP contribution is 2.20. The van der Waals surface area contributed by atoms with E-state index in [9.17, 15) is 0 Å². The van der Waals surface area contributed by atoms with Gasteiger partial charge in [0.15, 0.2) is 0 Å². The fourth-order valence-electron chi connectivity index (χ4n) is 1.88. The average Bonchev–Trinajstić information content (AvgIpc) is 2.22. The Hall–Kier alpha value is -1.16. The summed E-state index contributed by atoms with van der Waals surface area (Å²) in [5.41, 5.74) is 6.93. The Balaban J connectivity index is 1.93. The van der Waals surface area contributed by atoms with E-state index in [1.165, 1.54) is 0 Å². The van der Waals surface area contributed by atoms with Crippen molar-refractivity contribution in [1.82, 2.24) is 9.97 Å². The molecule has 1 aliphatic rings. The lowest BCUT2D eigenvalue weighted by Crippen LogP contribution is -2.34. The smallest absolute Gasteiger partial charge is 0.316 e. The molecule has 0 spiro atoms. The topological polar surface area (TPSA) is 61.0 Å². The van der Waals surface area contributed by atoms with Crippen LogP contribution < -0.4 is 10.5 Å². The summed E-state index contributed by atoms with van der Waals surface area (Å²) in [5.74, 6) is 0. The van der Waals surface area contributed by atoms with E-state index in [1.54, 1.807) is 12.4 Å². The van der Waals surface area contributed by atoms with Crippen molar-refractivity contribution in [2.75, 3.05) is 0 Å². The van der Waals surface area contributed by atoms with Gasteiger partial charge in [0.1, 0.15) is 6.10 Å². The van der Waals surface area contributed by atoms with E-state index in [1.807, 2.05) is 6.92 Å². The minimum absolute atomic E-state index is 0.191. The van der Waals surface area contributed by atoms with Crippen LogP contribution in [0.25, 0.3) is 0 Å². The Morgan fingerprint density at radius 1 is 1.33 bits per heavy atom. The van der Waals surface area contributed by atoms with Crippen LogP contribution in [0.5, 0.6) is 6.01 Å². The van der Waals surface area contributed by atoms with E-state index in [2.05, 4.69) is 9.97 Å². The molecule has 82 valence electrons. The normalized spacial score (nSPS) is 26.3. The van der Waals surface area contributed by atoms with Crippen LogP contribution in [-0.4, -0.2) is 22.1 Å². The Morgan fingerprint density at radius 3 is 2.73 bits per heavy atom. The molecule has 2 atom stereocenters. The maximum Gasteiger partial charge on any atom is 0.316 e. The zero-order valence-corrected chi connectivity index (χ0v) is 9.02. The first kappa shape index (κ1) is 10.4. The van der Waals surface area contributed by atoms with Crippen LogP contribution >= 0.6 is 0 Å². The first-order valence-corrected chi connectivity index (χ1v) is 5.45. The highest BCUT2D eigenvalue weighted by molar-refractivity contribution is 5.05. The van der Waals surface area contributed by atoms with Crippen LogP contribution in [0.3, 0.4) is 0 Å². The van der Waals surface area contributed by atoms with Crippen LogP contribution in [0.1, 0.15) is 31.2 Å². The van der Waals surface area contributed by atoms with Gasteiger partial charge in [0.2, 0.25) is 0 Å². The van der Waals surface area contributed by atoms with E-state index in [0.717, 1.165) is 31.2 Å². The molecular formula is C11H17N3O. The molecule has 15 heavy (non-hydrogen) atoms. The molecule has 0 bridgehead atoms. The monoisotopic (exact) mass is 207 g/mol. The van der Waals surface area contributed by atoms with Gasteiger partial charge in [-0.2, -0.15) is 0 Å². The quantitative estimate of drug-likeness (QED) is 0.797. The Labute approximate surface area is 89.9 Å². The Morgan fingerprint density at radius 2 is 2.07 bits per heavy atom. The van der Waals surface area contributed by atoms with Crippen molar-refractivity contribution in [3.8, 4) is 6.01 Å². The predicted octanol–water partition coefficient (Wildman–Crippen LogP) is 1.43. The van der Waals surface area contributed by atoms with Crippen molar-refractivity contribution in [3.05, 3.63) is 18.0 Å². The van der Waals surface area contributed by atoms with E-state index in [0.29, 0.717) is 6.01 Å². The molecule has 0 radical (unpaired) electrons. The third-order valence-electron chi connectivity index (χ3n) is 2.70. The number of nitrogens with two attached hydrogens (primary N) is 1. The largest absolute Gasteiger partial charge is 0.460 e. The second-order valence-corrected chi connectivity index (χ2v) is 4.21. The number of hydrogen-bond acceptors (Lipinski definition) is 4. The van der Waals surface area contributed by atoms with Gasteiger partial charge >= 0.3 is 6.01 Å². The van der Waals surface area contributed by atoms with Crippen molar-refractivity contribution >= 4 is 0 Å². The van der Waals surface area contributed by atoms with Gasteiger partial charge in [-0.25, -0.2) is 9.97 Å². The zero-order chi connectivity index (χ0) is 10.7. The fourth-order valence-corrected chi connectivity index (χ4v) is 1.88. The van der Waals surface area contributed by atoms with Gasteiger partial charge in [0.05, 0.1) is 0 Å². The number of aromatic nitrogens is 2. The second-order valence-electron chi connectivity index (χ2n) is 4.21. The molecule has 2 unspecified atom stereocenters. The van der Waals surface area contributed by atoms with E-state index in [4.69, 9.17) is 10.5 Å². The number of rotatable bonds is 2. The van der Waals surface area contributed by atoms with Gasteiger partial charge in [-0.3, -0.25) is 0 Å². The van der Waals surface area contributed by atoms with Crippen LogP contribution in [0, 0.1) is 6.92 Å². The summed E-state index contributed by atoms with van der Waals surface area (Å²) in [6, 6.07) is 0.744. The van der Waals surface area contributed by atoms with Gasteiger partial charge in [-0.05, 0) is 38.2 Å². The van der Waals surface area contributed by atoms with Crippen molar-refractivity contribution < 1.29 is 4.74 Å². The number of hydrogen-bond donors (Lipinski definition) is 1. The SMILES string of the molecule is Cc1cnc(OC2CCCC(N)C2)nc1. The predicted molar refractivity (Wildman–Crippen MR) is 57.6 cm³/mol. The molecule has 0 aliphatic heterocycles. The first-order chi connectivity index (χ1) is 7.24. The van der Waals surface area contributed by atoms with Crippen molar-refractivity contribution in [3.63, 3.8) is 0 Å². The third kappa shape index (κ3) is 2.89. The minimum atomic E-state index is 0.191. The molecule has 1 saturated carbocycles. The number of aryl methyl sites for hydroxylation is 1. The van der Waals surface area contributed by atoms with Gasteiger partial charge in [0.25, 0.3) is 0 Å². The minimum Gasteiger partial charge on any atom is -0.460 e. The Kier molecular flexibility index (Phi) is 3.16. The maximum atomic E-state index is 5.88. The summed E-state index contributed by atoms with van der Waals surface area (Å²) in [7, 11) is 0. The molecule has 1 fully saturated rings. The summed E-state index contributed by atoms with van der Waals surface area (Å²) < 4.78 is 5.68. The Bertz CT molecular complexity index is 312. The summed E-state index contributed by atoms with van der Waals surface area (Å²) in [5, 5.41) is 0. The molecule has 0 saturated heterocycles. The lowest BCUT2D eigenvalue weighted by molar-refractivity contribution is 0.132. The van der Waals surface area contributed by atoms with Crippen molar-refractivity contribution in [2.24, 2.45) is 5.73 Å². The van der Waals surface area contributed by atoms with Crippen LogP contribution in [0.2, 0.25) is 0 Å². The van der Waals surface area contributed by atoms with E-state index >= 15 is 0 Å². The van der Waals surface area contributed by atoms with Gasteiger partial charge < -0.3 is 10.5 Å². The van der Waals surface area contributed by atoms with E-state index in [-0.39, 0.29) is 12.1 Å². The van der Waals surface area contributed by atoms with Gasteiger partial charge in [0, 0.05) is 18.4 Å². The standard InChI is InChI=1S/C11H17N3O/c1-8-6-13-11(14-7-8)15-10-4-2-3-9(12)5-10/h6-7,9-10H,2-5,12H2,1H3. The molecular weight excluding hydrogens is 190 g/mol. The molecule has 1 aliphatic carbocycles. The summed E-state index contributed by atoms with van der Waals surface area (Å²) in [4.78, 5) is 8.25. The van der Waals surface area contributed by atoms with Crippen LogP contribution in [0.4, 0.5) is 0 Å². The summed E-state index contributed by atoms with van der Waals surface area (Å²) in [6.07, 6.45) is 7.95. The molecule has 1 aromatic heterocycles. The van der Waals surface area contributed by atoms with Gasteiger partial charge in [-0.15, -0.1) is 0 Å². The lowest BCUT2D eigenvalue weighted by atomic mass is 9.94. The maximum absolute atomic E-state index is 5.88. The van der Waals surface area contributed by atoms with Crippen molar-refractivity contribution in [1.29, 1.82) is 0 Å². The summed E-state index contributed by atoms with van der Waals surface area (Å²) >= 11 is 0. The summed E-state index contributed by atoms with van der Waals surface area (Å²) in [6.45, 7) is 1.96. The van der Waals surface area contributed by atoms with Gasteiger partial charge in [-0.1, -0.05) is 0 Å². The van der Waals surface area contributed by atoms with Crippen molar-refractivity contribution in [2.45, 2.75) is 44.8 Å². The molecule has 1 aromatic rings. The second kappa shape index (κ2) is 4.57. The highest BCUT2D eigenvalue weighted by Gasteiger charge is 2.21. The first-order valence-electron chi connectivity index (χ1n) is 5.45. The van der Waals surface area contributed by atoms with Crippen LogP contribution in [-0.2, 0) is 0 Å². The molecule has 4 heteroatoms. The molecule has 0 amide bonds. The number of nitrogens with zero attached hydrogens (tertiary/aromatic N) is 2. The molecule has 0 aromatic carbocycles. The average molecular weight is 207 g/mol.